The highest BCUT2D eigenvalue weighted by molar-refractivity contribution is 9.12. The van der Waals surface area contributed by atoms with Crippen LogP contribution in [0.2, 0.25) is 0 Å². The molecule has 170 valence electrons. The molecule has 1 saturated carbocycles. The van der Waals surface area contributed by atoms with E-state index in [0.29, 0.717) is 17.3 Å². The summed E-state index contributed by atoms with van der Waals surface area (Å²) in [5.74, 6) is -3.18. The third kappa shape index (κ3) is 3.83. The van der Waals surface area contributed by atoms with E-state index in [0.717, 1.165) is 45.4 Å². The predicted molar refractivity (Wildman–Crippen MR) is 121 cm³/mol. The molecule has 1 saturated heterocycles. The van der Waals surface area contributed by atoms with Crippen LogP contribution in [0.15, 0.2) is 52.4 Å². The maximum absolute atomic E-state index is 13.1. The van der Waals surface area contributed by atoms with Crippen LogP contribution < -0.4 is 9.80 Å². The lowest BCUT2D eigenvalue weighted by molar-refractivity contribution is -0.920. The smallest absolute Gasteiger partial charge is 0.345 e. The first-order chi connectivity index (χ1) is 15.5. The number of carbonyl (C=O) groups excluding carboxylic acids is 2. The first kappa shape index (κ1) is 21.5. The fourth-order valence-corrected chi connectivity index (χ4v) is 5.99. The number of para-hydroxylation sites is 1. The molecule has 1 spiro atoms. The number of rotatable bonds is 3. The second-order valence-electron chi connectivity index (χ2n) is 9.04. The Hall–Kier alpha value is -2.32. The van der Waals surface area contributed by atoms with E-state index in [1.807, 2.05) is 24.3 Å². The third-order valence-electron chi connectivity index (χ3n) is 7.14. The highest BCUT2D eigenvalue weighted by atomic mass is 79.9. The van der Waals surface area contributed by atoms with Crippen LogP contribution in [0.5, 0.6) is 0 Å². The molecule has 32 heavy (non-hydrogen) atoms. The van der Waals surface area contributed by atoms with Crippen LogP contribution >= 0.6 is 15.9 Å². The van der Waals surface area contributed by atoms with E-state index in [1.165, 1.54) is 10.6 Å². The Kier molecular flexibility index (Phi) is 5.75. The summed E-state index contributed by atoms with van der Waals surface area (Å²) < 4.78 is 11.9. The number of nitrogens with one attached hydrogen (secondary N) is 1. The number of aliphatic hydroxyl groups is 1. The molecular formula is C24H28BrN2O5+. The van der Waals surface area contributed by atoms with Crippen molar-refractivity contribution in [1.29, 1.82) is 0 Å². The molecule has 8 heteroatoms. The molecule has 2 atom stereocenters. The number of hydrogen-bond acceptors (Lipinski definition) is 6. The van der Waals surface area contributed by atoms with Gasteiger partial charge < -0.3 is 24.4 Å². The van der Waals surface area contributed by atoms with Crippen LogP contribution in [0.1, 0.15) is 32.1 Å². The lowest BCUT2D eigenvalue weighted by atomic mass is 9.89. The molecule has 7 nitrogen and oxygen atoms in total. The van der Waals surface area contributed by atoms with Gasteiger partial charge in [0.1, 0.15) is 17.5 Å². The Bertz CT molecular complexity index is 962. The highest BCUT2D eigenvalue weighted by Crippen LogP contribution is 2.42. The summed E-state index contributed by atoms with van der Waals surface area (Å²) in [5.41, 5.74) is 1.14. The molecule has 2 aliphatic carbocycles. The molecule has 0 aromatic heterocycles. The minimum atomic E-state index is -1.08. The van der Waals surface area contributed by atoms with Gasteiger partial charge in [-0.05, 0) is 47.0 Å². The lowest BCUT2D eigenvalue weighted by Crippen LogP contribution is -3.18. The van der Waals surface area contributed by atoms with Crippen LogP contribution in [0.4, 0.5) is 5.69 Å². The molecule has 1 aromatic carbocycles. The number of esters is 1. The summed E-state index contributed by atoms with van der Waals surface area (Å²) in [5, 5.41) is 10.8. The number of ether oxygens (including phenoxy) is 2. The molecular weight excluding hydrogens is 476 g/mol. The van der Waals surface area contributed by atoms with Crippen molar-refractivity contribution in [3.63, 3.8) is 0 Å². The maximum atomic E-state index is 13.1. The fraction of sp³-hybridized carbons (Fsp3) is 0.500. The van der Waals surface area contributed by atoms with Gasteiger partial charge in [0.25, 0.3) is 11.7 Å². The van der Waals surface area contributed by atoms with Crippen LogP contribution in [0.3, 0.4) is 0 Å². The normalized spacial score (nSPS) is 28.5. The van der Waals surface area contributed by atoms with Gasteiger partial charge in [-0.2, -0.15) is 0 Å². The zero-order chi connectivity index (χ0) is 22.3. The van der Waals surface area contributed by atoms with Gasteiger partial charge in [-0.1, -0.05) is 24.6 Å². The van der Waals surface area contributed by atoms with Gasteiger partial charge in [0, 0.05) is 18.5 Å². The Balaban J connectivity index is 1.36. The summed E-state index contributed by atoms with van der Waals surface area (Å²) in [6.07, 6.45) is 5.81. The summed E-state index contributed by atoms with van der Waals surface area (Å²) in [6, 6.07) is 10.0. The number of quaternary nitrogens is 1. The molecule has 2 heterocycles. The summed E-state index contributed by atoms with van der Waals surface area (Å²) in [6.45, 7) is 3.32. The standard InChI is InChI=1S/C24H27BrN2O5/c25-17-15-18(27-13-11-26(12-14-27)16-7-3-1-4-8-16)19(21(17)28)20-22(29)31-24(32-23(20)30)9-5-2-6-10-24/h1,3-4,7-8,15,18-19,29H,2,5-6,9-14H2/p+1/t18-,19+/m0/s1. The predicted octanol–water partition coefficient (Wildman–Crippen LogP) is 2.24. The van der Waals surface area contributed by atoms with Crippen molar-refractivity contribution >= 4 is 33.4 Å². The molecule has 0 amide bonds. The molecule has 5 rings (SSSR count). The van der Waals surface area contributed by atoms with Crippen molar-refractivity contribution in [2.45, 2.75) is 43.9 Å². The number of aliphatic hydroxyl groups excluding tert-OH is 1. The van der Waals surface area contributed by atoms with Gasteiger partial charge in [-0.25, -0.2) is 4.79 Å². The number of halogens is 1. The van der Waals surface area contributed by atoms with E-state index < -0.39 is 23.6 Å². The number of carbonyl (C=O) groups is 2. The molecule has 2 aliphatic heterocycles. The average Bonchev–Trinajstić information content (AvgIpc) is 3.09. The maximum Gasteiger partial charge on any atom is 0.345 e. The van der Waals surface area contributed by atoms with Gasteiger partial charge >= 0.3 is 5.97 Å². The summed E-state index contributed by atoms with van der Waals surface area (Å²) >= 11 is 3.37. The quantitative estimate of drug-likeness (QED) is 0.615. The van der Waals surface area contributed by atoms with Gasteiger partial charge in [0.2, 0.25) is 0 Å². The molecule has 0 bridgehead atoms. The first-order valence-electron chi connectivity index (χ1n) is 11.4. The lowest BCUT2D eigenvalue weighted by Gasteiger charge is -2.41. The van der Waals surface area contributed by atoms with Gasteiger partial charge in [-0.15, -0.1) is 0 Å². The number of allylic oxidation sites excluding steroid dienone is 1. The van der Waals surface area contributed by atoms with Gasteiger partial charge in [0.05, 0.1) is 30.7 Å². The Morgan fingerprint density at radius 2 is 1.72 bits per heavy atom. The molecule has 0 radical (unpaired) electrons. The number of Topliss-reactive ketones (excluding diaryl/α,β-unsaturated/α-hetero) is 1. The highest BCUT2D eigenvalue weighted by Gasteiger charge is 2.53. The van der Waals surface area contributed by atoms with Crippen molar-refractivity contribution in [2.75, 3.05) is 31.1 Å². The van der Waals surface area contributed by atoms with Crippen molar-refractivity contribution in [3.05, 3.63) is 52.4 Å². The van der Waals surface area contributed by atoms with Crippen LogP contribution in [-0.4, -0.2) is 54.9 Å². The largest absolute Gasteiger partial charge is 0.480 e. The minimum Gasteiger partial charge on any atom is -0.480 e. The zero-order valence-electron chi connectivity index (χ0n) is 17.9. The van der Waals surface area contributed by atoms with E-state index >= 15 is 0 Å². The van der Waals surface area contributed by atoms with E-state index in [4.69, 9.17) is 9.47 Å². The number of nitrogens with zero attached hydrogens (tertiary/aromatic N) is 1. The van der Waals surface area contributed by atoms with Crippen molar-refractivity contribution < 1.29 is 29.1 Å². The number of benzene rings is 1. The van der Waals surface area contributed by atoms with Crippen LogP contribution in [0.25, 0.3) is 0 Å². The van der Waals surface area contributed by atoms with Gasteiger partial charge in [-0.3, -0.25) is 4.79 Å². The van der Waals surface area contributed by atoms with Gasteiger partial charge in [0.15, 0.2) is 5.78 Å². The summed E-state index contributed by atoms with van der Waals surface area (Å²) in [7, 11) is 0. The van der Waals surface area contributed by atoms with E-state index in [2.05, 4.69) is 33.0 Å². The number of piperazine rings is 1. The molecule has 2 N–H and O–H groups in total. The van der Waals surface area contributed by atoms with Crippen LogP contribution in [-0.2, 0) is 19.1 Å². The second-order valence-corrected chi connectivity index (χ2v) is 9.90. The number of ketones is 1. The second kappa shape index (κ2) is 8.56. The van der Waals surface area contributed by atoms with Crippen molar-refractivity contribution in [3.8, 4) is 0 Å². The monoisotopic (exact) mass is 503 g/mol. The Morgan fingerprint density at radius 3 is 2.38 bits per heavy atom. The Labute approximate surface area is 195 Å². The van der Waals surface area contributed by atoms with E-state index in [1.54, 1.807) is 0 Å². The molecule has 0 unspecified atom stereocenters. The van der Waals surface area contributed by atoms with E-state index in [9.17, 15) is 14.7 Å². The average molecular weight is 504 g/mol. The van der Waals surface area contributed by atoms with Crippen LogP contribution in [0, 0.1) is 5.92 Å². The summed E-state index contributed by atoms with van der Waals surface area (Å²) in [4.78, 5) is 29.6. The molecule has 1 aromatic rings. The van der Waals surface area contributed by atoms with Crippen molar-refractivity contribution in [2.24, 2.45) is 5.92 Å². The Morgan fingerprint density at radius 1 is 1.03 bits per heavy atom. The number of anilines is 1. The number of hydrogen-bond donors (Lipinski definition) is 2. The third-order valence-corrected chi connectivity index (χ3v) is 7.79. The first-order valence-corrected chi connectivity index (χ1v) is 12.2. The fourth-order valence-electron chi connectivity index (χ4n) is 5.45. The zero-order valence-corrected chi connectivity index (χ0v) is 19.5. The topological polar surface area (TPSA) is 80.5 Å². The SMILES string of the molecule is O=C1OC2(CCCCC2)OC(O)=C1[C@@H]1C(=O)C(Br)=C[C@@H]1[NH+]1CCN(c2ccccc2)CC1. The molecule has 2 fully saturated rings. The van der Waals surface area contributed by atoms with Crippen molar-refractivity contribution in [1.82, 2.24) is 0 Å². The minimum absolute atomic E-state index is 0.0418. The van der Waals surface area contributed by atoms with E-state index in [-0.39, 0.29) is 17.4 Å². The molecule has 4 aliphatic rings.